The van der Waals surface area contributed by atoms with Crippen LogP contribution in [0.25, 0.3) is 0 Å². The average Bonchev–Trinajstić information content (AvgIpc) is 2.83. The number of benzene rings is 1. The maximum atomic E-state index is 12.3. The molecule has 1 aromatic carbocycles. The smallest absolute Gasteiger partial charge is 0.414 e. The number of hydrogen-bond acceptors (Lipinski definition) is 8. The van der Waals surface area contributed by atoms with E-state index in [1.54, 1.807) is 21.3 Å². The molecule has 11 nitrogen and oxygen atoms in total. The van der Waals surface area contributed by atoms with Crippen LogP contribution in [0.2, 0.25) is 0 Å². The summed E-state index contributed by atoms with van der Waals surface area (Å²) in [5.41, 5.74) is 1.10. The molecule has 192 valence electrons. The minimum atomic E-state index is -1.82. The van der Waals surface area contributed by atoms with E-state index in [1.165, 1.54) is 0 Å². The van der Waals surface area contributed by atoms with Gasteiger partial charge in [-0.3, -0.25) is 9.69 Å². The number of piperidine rings is 1. The Labute approximate surface area is 199 Å². The summed E-state index contributed by atoms with van der Waals surface area (Å²) in [6, 6.07) is 3.97. The van der Waals surface area contributed by atoms with Crippen LogP contribution in [0.3, 0.4) is 0 Å². The van der Waals surface area contributed by atoms with Gasteiger partial charge in [0.1, 0.15) is 0 Å². The van der Waals surface area contributed by atoms with Crippen LogP contribution in [0.15, 0.2) is 12.1 Å². The Kier molecular flexibility index (Phi) is 13.4. The summed E-state index contributed by atoms with van der Waals surface area (Å²) in [4.78, 5) is 32.9. The van der Waals surface area contributed by atoms with Crippen LogP contribution in [0.4, 0.5) is 0 Å². The Morgan fingerprint density at radius 3 is 2.00 bits per heavy atom. The molecule has 1 aliphatic heterocycles. The minimum Gasteiger partial charge on any atom is -0.493 e. The maximum absolute atomic E-state index is 12.3. The zero-order valence-electron chi connectivity index (χ0n) is 20.3. The third kappa shape index (κ3) is 9.84. The molecule has 34 heavy (non-hydrogen) atoms. The summed E-state index contributed by atoms with van der Waals surface area (Å²) in [7, 11) is 4.85. The molecule has 0 unspecified atom stereocenters. The molecule has 1 amide bonds. The molecule has 0 radical (unpaired) electrons. The van der Waals surface area contributed by atoms with Crippen LogP contribution in [0.5, 0.6) is 17.2 Å². The van der Waals surface area contributed by atoms with Crippen molar-refractivity contribution in [3.63, 3.8) is 0 Å². The molecule has 11 heteroatoms. The number of nitrogens with one attached hydrogen (secondary N) is 1. The van der Waals surface area contributed by atoms with Crippen molar-refractivity contribution in [2.24, 2.45) is 5.92 Å². The fourth-order valence-corrected chi connectivity index (χ4v) is 3.51. The van der Waals surface area contributed by atoms with Crippen LogP contribution < -0.4 is 19.5 Å². The van der Waals surface area contributed by atoms with Crippen molar-refractivity contribution in [1.82, 2.24) is 10.2 Å². The predicted octanol–water partition coefficient (Wildman–Crippen LogP) is 1.62. The summed E-state index contributed by atoms with van der Waals surface area (Å²) in [5, 5.41) is 17.8. The van der Waals surface area contributed by atoms with E-state index in [4.69, 9.17) is 38.7 Å². The van der Waals surface area contributed by atoms with Crippen molar-refractivity contribution in [2.75, 3.05) is 54.2 Å². The molecular weight excluding hydrogens is 448 g/mol. The Hall–Kier alpha value is -3.05. The van der Waals surface area contributed by atoms with Gasteiger partial charge in [0.05, 0.1) is 21.3 Å². The molecule has 1 aliphatic rings. The number of likely N-dealkylation sites (tertiary alicyclic amines) is 1. The molecule has 0 aromatic heterocycles. The molecule has 0 spiro atoms. The normalized spacial score (nSPS) is 13.9. The van der Waals surface area contributed by atoms with Crippen molar-refractivity contribution in [2.45, 2.75) is 32.7 Å². The van der Waals surface area contributed by atoms with Gasteiger partial charge in [-0.2, -0.15) is 0 Å². The zero-order valence-corrected chi connectivity index (χ0v) is 20.3. The number of hydrogen-bond donors (Lipinski definition) is 3. The van der Waals surface area contributed by atoms with Crippen LogP contribution in [-0.2, 0) is 25.7 Å². The van der Waals surface area contributed by atoms with E-state index >= 15 is 0 Å². The van der Waals surface area contributed by atoms with Crippen molar-refractivity contribution < 1.29 is 43.5 Å². The van der Waals surface area contributed by atoms with Crippen LogP contribution in [0, 0.1) is 5.92 Å². The highest BCUT2D eigenvalue weighted by Crippen LogP contribution is 2.38. The lowest BCUT2D eigenvalue weighted by molar-refractivity contribution is -0.159. The van der Waals surface area contributed by atoms with Gasteiger partial charge < -0.3 is 34.5 Å². The lowest BCUT2D eigenvalue weighted by atomic mass is 9.95. The molecule has 3 N–H and O–H groups in total. The molecule has 1 fully saturated rings. The Balaban J connectivity index is 0.000000852. The highest BCUT2D eigenvalue weighted by atomic mass is 16.5. The number of amides is 1. The Bertz CT molecular complexity index is 756. The second kappa shape index (κ2) is 15.7. The molecule has 0 atom stereocenters. The van der Waals surface area contributed by atoms with Gasteiger partial charge in [-0.15, -0.1) is 0 Å². The van der Waals surface area contributed by atoms with Crippen molar-refractivity contribution in [1.29, 1.82) is 0 Å². The van der Waals surface area contributed by atoms with E-state index in [2.05, 4.69) is 10.2 Å². The Morgan fingerprint density at radius 1 is 1.00 bits per heavy atom. The largest absolute Gasteiger partial charge is 0.493 e. The molecule has 0 bridgehead atoms. The van der Waals surface area contributed by atoms with Crippen LogP contribution >= 0.6 is 0 Å². The molecule has 0 aliphatic carbocycles. The fourth-order valence-electron chi connectivity index (χ4n) is 3.51. The Morgan fingerprint density at radius 2 is 1.56 bits per heavy atom. The fraction of sp³-hybridized carbons (Fsp3) is 0.609. The second-order valence-corrected chi connectivity index (χ2v) is 7.54. The molecule has 0 saturated carbocycles. The lowest BCUT2D eigenvalue weighted by Crippen LogP contribution is -2.40. The van der Waals surface area contributed by atoms with E-state index in [0.717, 1.165) is 51.1 Å². The number of nitrogens with zero attached hydrogens (tertiary/aromatic N) is 1. The first-order valence-corrected chi connectivity index (χ1v) is 11.1. The van der Waals surface area contributed by atoms with Crippen LogP contribution in [-0.4, -0.2) is 87.1 Å². The van der Waals surface area contributed by atoms with Gasteiger partial charge in [0.15, 0.2) is 11.5 Å². The highest BCUT2D eigenvalue weighted by Gasteiger charge is 2.25. The summed E-state index contributed by atoms with van der Waals surface area (Å²) in [6.07, 6.45) is 2.61. The third-order valence-corrected chi connectivity index (χ3v) is 5.24. The van der Waals surface area contributed by atoms with Gasteiger partial charge in [0.25, 0.3) is 0 Å². The molecule has 1 saturated heterocycles. The number of ether oxygens (including phenoxy) is 4. The molecular formula is C23H36N2O9. The predicted molar refractivity (Wildman–Crippen MR) is 123 cm³/mol. The van der Waals surface area contributed by atoms with E-state index in [1.807, 2.05) is 19.1 Å². The zero-order chi connectivity index (χ0) is 25.5. The number of carbonyl (C=O) groups excluding carboxylic acids is 1. The summed E-state index contributed by atoms with van der Waals surface area (Å²) < 4.78 is 21.5. The number of carbonyl (C=O) groups is 3. The number of rotatable bonds is 11. The first-order chi connectivity index (χ1) is 16.3. The molecule has 1 heterocycles. The lowest BCUT2D eigenvalue weighted by Gasteiger charge is -2.31. The van der Waals surface area contributed by atoms with Gasteiger partial charge in [0, 0.05) is 32.2 Å². The molecule has 1 aromatic rings. The summed E-state index contributed by atoms with van der Waals surface area (Å²) in [5.74, 6) is -1.44. The van der Waals surface area contributed by atoms with Gasteiger partial charge in [-0.1, -0.05) is 0 Å². The standard InChI is InChI=1S/C21H34N2O5.C2H2O4/c1-5-28-12-6-9-22-21(24)17-7-10-23(11-8-17)15-16-13-18(25-2)20(27-4)19(14-16)26-3;3-1(4)2(5)6/h13-14,17H,5-12,15H2,1-4H3,(H,22,24);(H,3,4)(H,5,6). The van der Waals surface area contributed by atoms with Gasteiger partial charge in [-0.05, 0) is 57.0 Å². The van der Waals surface area contributed by atoms with Gasteiger partial charge in [0.2, 0.25) is 11.7 Å². The number of methoxy groups -OCH3 is 3. The monoisotopic (exact) mass is 484 g/mol. The third-order valence-electron chi connectivity index (χ3n) is 5.24. The first-order valence-electron chi connectivity index (χ1n) is 11.1. The van der Waals surface area contributed by atoms with E-state index < -0.39 is 11.9 Å². The summed E-state index contributed by atoms with van der Waals surface area (Å²) >= 11 is 0. The average molecular weight is 485 g/mol. The number of carboxylic acids is 2. The quantitative estimate of drug-likeness (QED) is 0.313. The van der Waals surface area contributed by atoms with Gasteiger partial charge >= 0.3 is 11.9 Å². The van der Waals surface area contributed by atoms with Crippen molar-refractivity contribution >= 4 is 17.8 Å². The van der Waals surface area contributed by atoms with Crippen molar-refractivity contribution in [3.8, 4) is 17.2 Å². The van der Waals surface area contributed by atoms with Crippen molar-refractivity contribution in [3.05, 3.63) is 17.7 Å². The number of aliphatic carboxylic acids is 2. The topological polar surface area (TPSA) is 144 Å². The second-order valence-electron chi connectivity index (χ2n) is 7.54. The molecule has 2 rings (SSSR count). The first kappa shape index (κ1) is 29.0. The van der Waals surface area contributed by atoms with Crippen LogP contribution in [0.1, 0.15) is 31.7 Å². The van der Waals surface area contributed by atoms with E-state index in [9.17, 15) is 4.79 Å². The van der Waals surface area contributed by atoms with E-state index in [-0.39, 0.29) is 11.8 Å². The maximum Gasteiger partial charge on any atom is 0.414 e. The summed E-state index contributed by atoms with van der Waals surface area (Å²) in [6.45, 7) is 6.66. The van der Waals surface area contributed by atoms with E-state index in [0.29, 0.717) is 30.4 Å². The SMILES string of the molecule is CCOCCCNC(=O)C1CCN(Cc2cc(OC)c(OC)c(OC)c2)CC1.O=C(O)C(=O)O. The highest BCUT2D eigenvalue weighted by molar-refractivity contribution is 6.27. The van der Waals surface area contributed by atoms with Gasteiger partial charge in [-0.25, -0.2) is 9.59 Å². The minimum absolute atomic E-state index is 0.100. The number of carboxylic acid groups (broad SMARTS) is 2.